The van der Waals surface area contributed by atoms with E-state index in [1.165, 1.54) is 11.0 Å². The number of fused-ring (bicyclic) bond motifs is 1. The molecule has 42 heavy (non-hydrogen) atoms. The Morgan fingerprint density at radius 3 is 2.38 bits per heavy atom. The number of nitrogens with zero attached hydrogens (tertiary/aromatic N) is 4. The molecular formula is C32H34F2N4O4. The summed E-state index contributed by atoms with van der Waals surface area (Å²) in [6.07, 6.45) is -0.0619. The molecule has 0 saturated carbocycles. The van der Waals surface area contributed by atoms with Crippen molar-refractivity contribution in [3.05, 3.63) is 95.6 Å². The molecular weight excluding hydrogens is 542 g/mol. The van der Waals surface area contributed by atoms with E-state index in [0.29, 0.717) is 64.3 Å². The Morgan fingerprint density at radius 1 is 0.929 bits per heavy atom. The zero-order valence-corrected chi connectivity index (χ0v) is 23.2. The van der Waals surface area contributed by atoms with Crippen LogP contribution in [0.1, 0.15) is 40.7 Å². The minimum absolute atomic E-state index is 0.0331. The number of piperidine rings is 1. The fraction of sp³-hybridized carbons (Fsp3) is 0.375. The van der Waals surface area contributed by atoms with Crippen molar-refractivity contribution in [3.63, 3.8) is 0 Å². The molecule has 10 heteroatoms. The van der Waals surface area contributed by atoms with Crippen LogP contribution in [0.15, 0.2) is 78.9 Å². The van der Waals surface area contributed by atoms with Gasteiger partial charge in [-0.3, -0.25) is 4.79 Å². The molecule has 0 aromatic heterocycles. The zero-order chi connectivity index (χ0) is 29.5. The van der Waals surface area contributed by atoms with Crippen molar-refractivity contribution in [2.24, 2.45) is 0 Å². The number of alkyl halides is 2. The molecule has 2 saturated heterocycles. The minimum atomic E-state index is -3.31. The maximum atomic E-state index is 14.6. The standard InChI is InChI=1S/C32H34F2N4O4/c33-32(34)26-12-4-5-13-27(26)37(30(32)42)17-7-16-35-18-14-31(15-19-35)29(41)36(22-38(31)25-10-2-1-3-11-25)21-23-8-6-9-24(20-23)28(39)40/h1-6,8-13,20,30,42H,7,14-19,21-22H2,(H,39,40). The van der Waals surface area contributed by atoms with Crippen molar-refractivity contribution in [2.45, 2.75) is 43.5 Å². The molecule has 3 heterocycles. The van der Waals surface area contributed by atoms with Gasteiger partial charge in [0.15, 0.2) is 6.23 Å². The summed E-state index contributed by atoms with van der Waals surface area (Å²) >= 11 is 0. The summed E-state index contributed by atoms with van der Waals surface area (Å²) in [4.78, 5) is 33.1. The van der Waals surface area contributed by atoms with Crippen LogP contribution >= 0.6 is 0 Å². The molecule has 1 atom stereocenters. The van der Waals surface area contributed by atoms with Gasteiger partial charge in [0.05, 0.1) is 12.2 Å². The number of amides is 1. The molecule has 8 nitrogen and oxygen atoms in total. The fourth-order valence-electron chi connectivity index (χ4n) is 6.67. The Morgan fingerprint density at radius 2 is 1.64 bits per heavy atom. The van der Waals surface area contributed by atoms with Gasteiger partial charge in [-0.1, -0.05) is 48.5 Å². The maximum absolute atomic E-state index is 14.6. The number of carbonyl (C=O) groups excluding carboxylic acids is 1. The van der Waals surface area contributed by atoms with Crippen molar-refractivity contribution < 1.29 is 28.6 Å². The van der Waals surface area contributed by atoms with Gasteiger partial charge < -0.3 is 29.8 Å². The SMILES string of the molecule is O=C(O)c1cccc(CN2CN(c3ccccc3)C3(CCN(CCCN4c5ccccc5C(F)(F)C4O)CC3)C2=O)c1. The lowest BCUT2D eigenvalue weighted by atomic mass is 9.85. The topological polar surface area (TPSA) is 87.6 Å². The van der Waals surface area contributed by atoms with Crippen molar-refractivity contribution in [2.75, 3.05) is 42.6 Å². The molecule has 2 N–H and O–H groups in total. The van der Waals surface area contributed by atoms with E-state index >= 15 is 0 Å². The van der Waals surface area contributed by atoms with Crippen LogP contribution in [0.2, 0.25) is 0 Å². The van der Waals surface area contributed by atoms with Gasteiger partial charge in [0.1, 0.15) is 5.54 Å². The Bertz CT molecular complexity index is 1460. The largest absolute Gasteiger partial charge is 0.478 e. The van der Waals surface area contributed by atoms with Gasteiger partial charge >= 0.3 is 11.9 Å². The van der Waals surface area contributed by atoms with Crippen molar-refractivity contribution in [3.8, 4) is 0 Å². The number of halogens is 2. The number of aliphatic hydroxyl groups is 1. The molecule has 0 radical (unpaired) electrons. The molecule has 3 aliphatic rings. The second-order valence-corrected chi connectivity index (χ2v) is 11.3. The number of aromatic carboxylic acids is 1. The van der Waals surface area contributed by atoms with E-state index in [9.17, 15) is 28.6 Å². The van der Waals surface area contributed by atoms with Gasteiger partial charge in [-0.25, -0.2) is 4.79 Å². The summed E-state index contributed by atoms with van der Waals surface area (Å²) in [5.74, 6) is -4.28. The first-order valence-electron chi connectivity index (χ1n) is 14.3. The first-order valence-corrected chi connectivity index (χ1v) is 14.3. The quantitative estimate of drug-likeness (QED) is 0.413. The lowest BCUT2D eigenvalue weighted by molar-refractivity contribution is -0.134. The molecule has 6 rings (SSSR count). The molecule has 220 valence electrons. The predicted molar refractivity (Wildman–Crippen MR) is 154 cm³/mol. The van der Waals surface area contributed by atoms with Crippen LogP contribution < -0.4 is 9.80 Å². The Kier molecular flexibility index (Phi) is 7.36. The first-order chi connectivity index (χ1) is 20.2. The van der Waals surface area contributed by atoms with Gasteiger partial charge in [0.2, 0.25) is 5.91 Å². The summed E-state index contributed by atoms with van der Waals surface area (Å²) in [5.41, 5.74) is 1.43. The van der Waals surface area contributed by atoms with Crippen molar-refractivity contribution in [1.82, 2.24) is 9.80 Å². The summed E-state index contributed by atoms with van der Waals surface area (Å²) < 4.78 is 29.2. The zero-order valence-electron chi connectivity index (χ0n) is 23.2. The molecule has 3 aliphatic heterocycles. The number of carbonyl (C=O) groups is 2. The highest BCUT2D eigenvalue weighted by Gasteiger charge is 2.54. The number of para-hydroxylation sites is 2. The predicted octanol–water partition coefficient (Wildman–Crippen LogP) is 4.35. The van der Waals surface area contributed by atoms with Gasteiger partial charge in [0, 0.05) is 43.1 Å². The molecule has 2 fully saturated rings. The smallest absolute Gasteiger partial charge is 0.335 e. The van der Waals surface area contributed by atoms with Gasteiger partial charge in [-0.05, 0) is 61.7 Å². The van der Waals surface area contributed by atoms with Crippen molar-refractivity contribution >= 4 is 23.3 Å². The van der Waals surface area contributed by atoms with E-state index < -0.39 is 23.7 Å². The number of carboxylic acid groups (broad SMARTS) is 1. The highest BCUT2D eigenvalue weighted by atomic mass is 19.3. The third-order valence-corrected chi connectivity index (χ3v) is 8.88. The molecule has 1 unspecified atom stereocenters. The number of rotatable bonds is 8. The monoisotopic (exact) mass is 576 g/mol. The van der Waals surface area contributed by atoms with Crippen molar-refractivity contribution in [1.29, 1.82) is 0 Å². The number of aliphatic hydroxyl groups excluding tert-OH is 1. The molecule has 1 spiro atoms. The van der Waals surface area contributed by atoms with Gasteiger partial charge in [0.25, 0.3) is 0 Å². The van der Waals surface area contributed by atoms with Crippen LogP contribution in [0.5, 0.6) is 0 Å². The highest BCUT2D eigenvalue weighted by molar-refractivity contribution is 5.93. The van der Waals surface area contributed by atoms with E-state index in [2.05, 4.69) is 9.80 Å². The van der Waals surface area contributed by atoms with E-state index in [-0.39, 0.29) is 17.0 Å². The van der Waals surface area contributed by atoms with E-state index in [1.807, 2.05) is 36.4 Å². The van der Waals surface area contributed by atoms with Crippen LogP contribution in [0.4, 0.5) is 20.2 Å². The first kappa shape index (κ1) is 28.1. The average molecular weight is 577 g/mol. The lowest BCUT2D eigenvalue weighted by Gasteiger charge is -2.43. The Labute approximate surface area is 243 Å². The van der Waals surface area contributed by atoms with Crippen LogP contribution in [0, 0.1) is 0 Å². The normalized spacial score (nSPS) is 21.3. The molecule has 0 aliphatic carbocycles. The number of benzene rings is 3. The summed E-state index contributed by atoms with van der Waals surface area (Å²) in [7, 11) is 0. The maximum Gasteiger partial charge on any atom is 0.335 e. The van der Waals surface area contributed by atoms with E-state index in [0.717, 1.165) is 11.3 Å². The van der Waals surface area contributed by atoms with Crippen LogP contribution in [0.3, 0.4) is 0 Å². The minimum Gasteiger partial charge on any atom is -0.478 e. The van der Waals surface area contributed by atoms with Gasteiger partial charge in [-0.15, -0.1) is 0 Å². The van der Waals surface area contributed by atoms with Gasteiger partial charge in [-0.2, -0.15) is 8.78 Å². The summed E-state index contributed by atoms with van der Waals surface area (Å²) in [5, 5.41) is 19.7. The summed E-state index contributed by atoms with van der Waals surface area (Å²) in [6, 6.07) is 22.8. The van der Waals surface area contributed by atoms with E-state index in [1.54, 1.807) is 41.3 Å². The number of hydrogen-bond acceptors (Lipinski definition) is 6. The highest BCUT2D eigenvalue weighted by Crippen LogP contribution is 2.46. The number of hydrogen-bond donors (Lipinski definition) is 2. The number of carboxylic acids is 1. The number of likely N-dealkylation sites (tertiary alicyclic amines) is 1. The molecule has 1 amide bonds. The second kappa shape index (κ2) is 11.0. The van der Waals surface area contributed by atoms with Crippen LogP contribution in [0.25, 0.3) is 0 Å². The van der Waals surface area contributed by atoms with Crippen LogP contribution in [-0.2, 0) is 17.3 Å². The molecule has 0 bridgehead atoms. The second-order valence-electron chi connectivity index (χ2n) is 11.3. The van der Waals surface area contributed by atoms with E-state index in [4.69, 9.17) is 0 Å². The molecule has 3 aromatic rings. The summed E-state index contributed by atoms with van der Waals surface area (Å²) in [6.45, 7) is 3.03. The Hall–Kier alpha value is -4.02. The molecule has 3 aromatic carbocycles. The fourth-order valence-corrected chi connectivity index (χ4v) is 6.67. The Balaban J connectivity index is 1.13. The average Bonchev–Trinajstić information content (AvgIpc) is 3.37. The van der Waals surface area contributed by atoms with Crippen LogP contribution in [-0.4, -0.2) is 76.5 Å². The third-order valence-electron chi connectivity index (χ3n) is 8.88. The number of anilines is 2. The third kappa shape index (κ3) is 4.88. The lowest BCUT2D eigenvalue weighted by Crippen LogP contribution is -2.56.